The highest BCUT2D eigenvalue weighted by Crippen LogP contribution is 2.30. The molecular formula is C20H21NO. The van der Waals surface area contributed by atoms with Gasteiger partial charge in [-0.25, -0.2) is 0 Å². The Balaban J connectivity index is 2.14. The summed E-state index contributed by atoms with van der Waals surface area (Å²) in [4.78, 5) is 16.5. The van der Waals surface area contributed by atoms with Gasteiger partial charge < -0.3 is 4.79 Å². The molecule has 0 fully saturated rings. The van der Waals surface area contributed by atoms with Crippen LogP contribution in [0.3, 0.4) is 0 Å². The lowest BCUT2D eigenvalue weighted by Gasteiger charge is -2.25. The van der Waals surface area contributed by atoms with Gasteiger partial charge >= 0.3 is 0 Å². The first kappa shape index (κ1) is 14.7. The number of aryl methyl sites for hydroxylation is 1. The molecule has 2 heteroatoms. The van der Waals surface area contributed by atoms with E-state index in [-0.39, 0.29) is 5.92 Å². The number of hydrogen-bond donors (Lipinski definition) is 0. The van der Waals surface area contributed by atoms with E-state index in [0.29, 0.717) is 0 Å². The Bertz CT molecular complexity index is 744. The summed E-state index contributed by atoms with van der Waals surface area (Å²) in [6.07, 6.45) is 1.99. The molecule has 2 aromatic rings. The van der Waals surface area contributed by atoms with Gasteiger partial charge in [0.1, 0.15) is 6.29 Å². The minimum Gasteiger partial charge on any atom is -0.302 e. The van der Waals surface area contributed by atoms with Gasteiger partial charge in [-0.05, 0) is 61.1 Å². The predicted octanol–water partition coefficient (Wildman–Crippen LogP) is 3.94. The topological polar surface area (TPSA) is 29.4 Å². The normalized spacial score (nSPS) is 15.0. The van der Waals surface area contributed by atoms with Crippen molar-refractivity contribution in [3.05, 3.63) is 69.8 Å². The average molecular weight is 291 g/mol. The van der Waals surface area contributed by atoms with Crippen molar-refractivity contribution in [2.24, 2.45) is 4.99 Å². The first-order chi connectivity index (χ1) is 10.6. The fourth-order valence-corrected chi connectivity index (χ4v) is 3.29. The largest absolute Gasteiger partial charge is 0.302 e. The average Bonchev–Trinajstić information content (AvgIpc) is 2.55. The van der Waals surface area contributed by atoms with Crippen molar-refractivity contribution in [2.45, 2.75) is 33.1 Å². The van der Waals surface area contributed by atoms with Crippen LogP contribution in [0.2, 0.25) is 0 Å². The van der Waals surface area contributed by atoms with Gasteiger partial charge in [-0.1, -0.05) is 30.3 Å². The van der Waals surface area contributed by atoms with Crippen LogP contribution in [-0.4, -0.2) is 18.5 Å². The van der Waals surface area contributed by atoms with Gasteiger partial charge in [-0.3, -0.25) is 4.99 Å². The van der Waals surface area contributed by atoms with E-state index >= 15 is 0 Å². The quantitative estimate of drug-likeness (QED) is 0.788. The molecule has 3 rings (SSSR count). The second-order valence-electron chi connectivity index (χ2n) is 6.01. The maximum atomic E-state index is 11.8. The molecule has 1 unspecified atom stereocenters. The molecule has 0 aromatic heterocycles. The summed E-state index contributed by atoms with van der Waals surface area (Å²) in [6.45, 7) is 7.25. The van der Waals surface area contributed by atoms with Gasteiger partial charge in [0.05, 0.1) is 11.6 Å². The summed E-state index contributed by atoms with van der Waals surface area (Å²) < 4.78 is 0. The van der Waals surface area contributed by atoms with Crippen molar-refractivity contribution in [2.75, 3.05) is 6.54 Å². The molecule has 0 bridgehead atoms. The Morgan fingerprint density at radius 1 is 1.09 bits per heavy atom. The third-order valence-electron chi connectivity index (χ3n) is 4.80. The smallest absolute Gasteiger partial charge is 0.133 e. The van der Waals surface area contributed by atoms with Gasteiger partial charge in [0.15, 0.2) is 0 Å². The van der Waals surface area contributed by atoms with E-state index in [1.807, 2.05) is 30.3 Å². The first-order valence-corrected chi connectivity index (χ1v) is 7.78. The van der Waals surface area contributed by atoms with E-state index in [2.05, 4.69) is 26.8 Å². The van der Waals surface area contributed by atoms with Crippen LogP contribution in [0, 0.1) is 20.8 Å². The van der Waals surface area contributed by atoms with E-state index in [4.69, 9.17) is 4.99 Å². The molecule has 1 aliphatic heterocycles. The third-order valence-corrected chi connectivity index (χ3v) is 4.80. The SMILES string of the molecule is Cc1cc2c(c(C)c1C)CCN=C2C(C=O)c1ccccc1. The van der Waals surface area contributed by atoms with Crippen molar-refractivity contribution < 1.29 is 4.79 Å². The van der Waals surface area contributed by atoms with Crippen LogP contribution in [0.4, 0.5) is 0 Å². The van der Waals surface area contributed by atoms with Crippen molar-refractivity contribution in [3.8, 4) is 0 Å². The van der Waals surface area contributed by atoms with Crippen LogP contribution >= 0.6 is 0 Å². The van der Waals surface area contributed by atoms with E-state index in [9.17, 15) is 4.79 Å². The fraction of sp³-hybridized carbons (Fsp3) is 0.300. The Hall–Kier alpha value is -2.22. The summed E-state index contributed by atoms with van der Waals surface area (Å²) >= 11 is 0. The van der Waals surface area contributed by atoms with Crippen LogP contribution in [0.15, 0.2) is 41.4 Å². The molecule has 0 aliphatic carbocycles. The molecule has 22 heavy (non-hydrogen) atoms. The lowest BCUT2D eigenvalue weighted by molar-refractivity contribution is -0.107. The molecule has 2 nitrogen and oxygen atoms in total. The maximum absolute atomic E-state index is 11.8. The molecule has 0 N–H and O–H groups in total. The molecule has 1 atom stereocenters. The summed E-state index contributed by atoms with van der Waals surface area (Å²) in [5.74, 6) is -0.276. The van der Waals surface area contributed by atoms with Crippen LogP contribution < -0.4 is 0 Å². The number of hydrogen-bond acceptors (Lipinski definition) is 2. The zero-order chi connectivity index (χ0) is 15.7. The Morgan fingerprint density at radius 3 is 2.50 bits per heavy atom. The number of aliphatic imine (C=N–C) groups is 1. The number of rotatable bonds is 3. The Kier molecular flexibility index (Phi) is 3.93. The molecule has 112 valence electrons. The molecule has 2 aromatic carbocycles. The molecule has 0 spiro atoms. The lowest BCUT2D eigenvalue weighted by atomic mass is 9.82. The highest BCUT2D eigenvalue weighted by molar-refractivity contribution is 6.14. The van der Waals surface area contributed by atoms with E-state index in [1.165, 1.54) is 22.3 Å². The molecular weight excluding hydrogens is 270 g/mol. The number of nitrogens with zero attached hydrogens (tertiary/aromatic N) is 1. The lowest BCUT2D eigenvalue weighted by Crippen LogP contribution is -2.23. The molecule has 0 radical (unpaired) electrons. The highest BCUT2D eigenvalue weighted by atomic mass is 16.1. The van der Waals surface area contributed by atoms with Crippen molar-refractivity contribution in [1.82, 2.24) is 0 Å². The first-order valence-electron chi connectivity index (χ1n) is 7.78. The zero-order valence-corrected chi connectivity index (χ0v) is 13.4. The molecule has 1 heterocycles. The highest BCUT2D eigenvalue weighted by Gasteiger charge is 2.25. The predicted molar refractivity (Wildman–Crippen MR) is 91.0 cm³/mol. The van der Waals surface area contributed by atoms with Gasteiger partial charge in [0.2, 0.25) is 0 Å². The van der Waals surface area contributed by atoms with Crippen molar-refractivity contribution in [3.63, 3.8) is 0 Å². The number of carbonyl (C=O) groups excluding carboxylic acids is 1. The van der Waals surface area contributed by atoms with Gasteiger partial charge in [0.25, 0.3) is 0 Å². The van der Waals surface area contributed by atoms with Crippen LogP contribution in [0.25, 0.3) is 0 Å². The summed E-state index contributed by atoms with van der Waals surface area (Å²) in [5, 5.41) is 0. The third kappa shape index (κ3) is 2.39. The second kappa shape index (κ2) is 5.88. The second-order valence-corrected chi connectivity index (χ2v) is 6.01. The molecule has 0 saturated heterocycles. The van der Waals surface area contributed by atoms with Crippen molar-refractivity contribution in [1.29, 1.82) is 0 Å². The standard InChI is InChI=1S/C20H21NO/c1-13-11-18-17(15(3)14(13)2)9-10-21-20(18)19(12-22)16-7-5-4-6-8-16/h4-8,11-12,19H,9-10H2,1-3H3. The number of fused-ring (bicyclic) bond motifs is 1. The van der Waals surface area contributed by atoms with Crippen LogP contribution in [0.1, 0.15) is 39.3 Å². The summed E-state index contributed by atoms with van der Waals surface area (Å²) in [6, 6.07) is 12.1. The van der Waals surface area contributed by atoms with Gasteiger partial charge in [-0.2, -0.15) is 0 Å². The number of carbonyl (C=O) groups is 1. The zero-order valence-electron chi connectivity index (χ0n) is 13.4. The Labute approximate surface area is 131 Å². The fourth-order valence-electron chi connectivity index (χ4n) is 3.29. The van der Waals surface area contributed by atoms with Crippen LogP contribution in [0.5, 0.6) is 0 Å². The summed E-state index contributed by atoms with van der Waals surface area (Å²) in [7, 11) is 0. The monoisotopic (exact) mass is 291 g/mol. The molecule has 0 saturated carbocycles. The minimum absolute atomic E-state index is 0.276. The molecule has 0 amide bonds. The van der Waals surface area contributed by atoms with Crippen LogP contribution in [-0.2, 0) is 11.2 Å². The molecule has 1 aliphatic rings. The van der Waals surface area contributed by atoms with E-state index in [0.717, 1.165) is 36.1 Å². The van der Waals surface area contributed by atoms with Crippen molar-refractivity contribution >= 4 is 12.0 Å². The maximum Gasteiger partial charge on any atom is 0.133 e. The van der Waals surface area contributed by atoms with Gasteiger partial charge in [-0.15, -0.1) is 0 Å². The summed E-state index contributed by atoms with van der Waals surface area (Å²) in [5.41, 5.74) is 8.42. The minimum atomic E-state index is -0.276. The van der Waals surface area contributed by atoms with Gasteiger partial charge in [0, 0.05) is 12.1 Å². The number of aldehydes is 1. The number of benzene rings is 2. The Morgan fingerprint density at radius 2 is 1.82 bits per heavy atom. The van der Waals surface area contributed by atoms with E-state index < -0.39 is 0 Å². The van der Waals surface area contributed by atoms with E-state index in [1.54, 1.807) is 0 Å².